The molecule has 0 amide bonds. The Bertz CT molecular complexity index is 660. The Morgan fingerprint density at radius 2 is 1.69 bits per heavy atom. The van der Waals surface area contributed by atoms with E-state index in [4.69, 9.17) is 10.5 Å². The number of rotatable bonds is 9. The van der Waals surface area contributed by atoms with Crippen molar-refractivity contribution in [1.29, 1.82) is 0 Å². The highest BCUT2D eigenvalue weighted by atomic mass is 16.5. The Hall–Kier alpha value is -2.38. The second-order valence-corrected chi connectivity index (χ2v) is 6.38. The summed E-state index contributed by atoms with van der Waals surface area (Å²) < 4.78 is 5.37. The number of nitrogen functional groups attached to an aromatic ring is 1. The van der Waals surface area contributed by atoms with Gasteiger partial charge in [0.2, 0.25) is 0 Å². The molecule has 1 aliphatic heterocycles. The van der Waals surface area contributed by atoms with Crippen molar-refractivity contribution in [2.75, 3.05) is 62.3 Å². The van der Waals surface area contributed by atoms with E-state index in [0.29, 0.717) is 17.3 Å². The minimum Gasteiger partial charge on any atom is -0.393 e. The van der Waals surface area contributed by atoms with Gasteiger partial charge in [0, 0.05) is 26.2 Å². The Kier molecular flexibility index (Phi) is 7.04. The zero-order valence-electron chi connectivity index (χ0n) is 15.2. The monoisotopic (exact) mass is 356 g/mol. The summed E-state index contributed by atoms with van der Waals surface area (Å²) in [6, 6.07) is 10.4. The number of hydrogen-bond donors (Lipinski definition) is 3. The molecule has 140 valence electrons. The van der Waals surface area contributed by atoms with Crippen LogP contribution < -0.4 is 16.4 Å². The lowest BCUT2D eigenvalue weighted by Gasteiger charge is -2.26. The fourth-order valence-corrected chi connectivity index (χ4v) is 2.98. The van der Waals surface area contributed by atoms with E-state index in [-0.39, 0.29) is 0 Å². The average molecular weight is 356 g/mol. The maximum absolute atomic E-state index is 6.21. The Morgan fingerprint density at radius 1 is 1.00 bits per heavy atom. The molecule has 7 nitrogen and oxygen atoms in total. The SMILES string of the molecule is Nc1c(NCCCN2CCOCC2)ncnc1NCCc1ccccc1. The van der Waals surface area contributed by atoms with Crippen LogP contribution in [0.1, 0.15) is 12.0 Å². The third kappa shape index (κ3) is 5.57. The Labute approximate surface area is 155 Å². The zero-order chi connectivity index (χ0) is 18.0. The van der Waals surface area contributed by atoms with Gasteiger partial charge in [-0.1, -0.05) is 30.3 Å². The van der Waals surface area contributed by atoms with Crippen LogP contribution in [0.25, 0.3) is 0 Å². The van der Waals surface area contributed by atoms with E-state index in [9.17, 15) is 0 Å². The third-order valence-electron chi connectivity index (χ3n) is 4.48. The fourth-order valence-electron chi connectivity index (χ4n) is 2.98. The van der Waals surface area contributed by atoms with Crippen molar-refractivity contribution in [2.24, 2.45) is 0 Å². The number of benzene rings is 1. The Morgan fingerprint density at radius 3 is 2.42 bits per heavy atom. The maximum Gasteiger partial charge on any atom is 0.154 e. The molecular formula is C19H28N6O. The number of hydrogen-bond acceptors (Lipinski definition) is 7. The lowest BCUT2D eigenvalue weighted by Crippen LogP contribution is -2.37. The number of nitrogens with one attached hydrogen (secondary N) is 2. The molecule has 0 spiro atoms. The van der Waals surface area contributed by atoms with E-state index in [0.717, 1.165) is 58.8 Å². The lowest BCUT2D eigenvalue weighted by atomic mass is 10.1. The summed E-state index contributed by atoms with van der Waals surface area (Å²) in [5.41, 5.74) is 8.07. The molecule has 0 atom stereocenters. The van der Waals surface area contributed by atoms with Gasteiger partial charge in [0.05, 0.1) is 13.2 Å². The van der Waals surface area contributed by atoms with Crippen molar-refractivity contribution >= 4 is 17.3 Å². The summed E-state index contributed by atoms with van der Waals surface area (Å²) in [7, 11) is 0. The second kappa shape index (κ2) is 9.94. The van der Waals surface area contributed by atoms with Gasteiger partial charge < -0.3 is 21.1 Å². The molecule has 0 saturated carbocycles. The molecule has 3 rings (SSSR count). The quantitative estimate of drug-likeness (QED) is 0.591. The molecule has 0 radical (unpaired) electrons. The van der Waals surface area contributed by atoms with Gasteiger partial charge in [0.25, 0.3) is 0 Å². The van der Waals surface area contributed by atoms with Crippen LogP contribution in [-0.2, 0) is 11.2 Å². The van der Waals surface area contributed by atoms with Crippen LogP contribution in [0, 0.1) is 0 Å². The largest absolute Gasteiger partial charge is 0.393 e. The molecule has 0 unspecified atom stereocenters. The fraction of sp³-hybridized carbons (Fsp3) is 0.474. The normalized spacial score (nSPS) is 14.9. The van der Waals surface area contributed by atoms with E-state index in [2.05, 4.69) is 37.6 Å². The molecular weight excluding hydrogens is 328 g/mol. The lowest BCUT2D eigenvalue weighted by molar-refractivity contribution is 0.0378. The highest BCUT2D eigenvalue weighted by molar-refractivity contribution is 5.73. The van der Waals surface area contributed by atoms with E-state index in [1.165, 1.54) is 5.56 Å². The van der Waals surface area contributed by atoms with Crippen LogP contribution in [0.5, 0.6) is 0 Å². The highest BCUT2D eigenvalue weighted by Crippen LogP contribution is 2.22. The van der Waals surface area contributed by atoms with Gasteiger partial charge >= 0.3 is 0 Å². The zero-order valence-corrected chi connectivity index (χ0v) is 15.2. The van der Waals surface area contributed by atoms with E-state index in [1.807, 2.05) is 18.2 Å². The van der Waals surface area contributed by atoms with Crippen molar-refractivity contribution < 1.29 is 4.74 Å². The van der Waals surface area contributed by atoms with Gasteiger partial charge in [-0.05, 0) is 24.9 Å². The smallest absolute Gasteiger partial charge is 0.154 e. The molecule has 4 N–H and O–H groups in total. The van der Waals surface area contributed by atoms with Crippen LogP contribution in [0.15, 0.2) is 36.7 Å². The van der Waals surface area contributed by atoms with Gasteiger partial charge in [-0.15, -0.1) is 0 Å². The molecule has 1 aromatic carbocycles. The minimum absolute atomic E-state index is 0.576. The number of aromatic nitrogens is 2. The van der Waals surface area contributed by atoms with Crippen molar-refractivity contribution in [3.8, 4) is 0 Å². The van der Waals surface area contributed by atoms with Gasteiger partial charge in [0.15, 0.2) is 11.6 Å². The topological polar surface area (TPSA) is 88.3 Å². The molecule has 26 heavy (non-hydrogen) atoms. The standard InChI is InChI=1S/C19H28N6O/c20-17-18(21-8-4-10-25-11-13-26-14-12-25)23-15-24-19(17)22-9-7-16-5-2-1-3-6-16/h1-3,5-6,15H,4,7-14,20H2,(H2,21,22,23,24). The van der Waals surface area contributed by atoms with Crippen LogP contribution >= 0.6 is 0 Å². The minimum atomic E-state index is 0.576. The molecule has 1 saturated heterocycles. The van der Waals surface area contributed by atoms with Gasteiger partial charge in [-0.25, -0.2) is 9.97 Å². The Balaban J connectivity index is 1.42. The molecule has 2 heterocycles. The predicted octanol–water partition coefficient (Wildman–Crippen LogP) is 1.85. The van der Waals surface area contributed by atoms with Crippen LogP contribution in [-0.4, -0.2) is 60.8 Å². The maximum atomic E-state index is 6.21. The number of anilines is 3. The van der Waals surface area contributed by atoms with Crippen LogP contribution in [0.2, 0.25) is 0 Å². The van der Waals surface area contributed by atoms with Crippen molar-refractivity contribution in [1.82, 2.24) is 14.9 Å². The van der Waals surface area contributed by atoms with Gasteiger partial charge in [0.1, 0.15) is 12.0 Å². The summed E-state index contributed by atoms with van der Waals surface area (Å²) in [4.78, 5) is 11.0. The van der Waals surface area contributed by atoms with E-state index < -0.39 is 0 Å². The predicted molar refractivity (Wildman–Crippen MR) is 105 cm³/mol. The van der Waals surface area contributed by atoms with Gasteiger partial charge in [-0.2, -0.15) is 0 Å². The van der Waals surface area contributed by atoms with Crippen LogP contribution in [0.3, 0.4) is 0 Å². The summed E-state index contributed by atoms with van der Waals surface area (Å²) in [5, 5.41) is 6.63. The van der Waals surface area contributed by atoms with Gasteiger partial charge in [-0.3, -0.25) is 4.90 Å². The van der Waals surface area contributed by atoms with Crippen molar-refractivity contribution in [3.63, 3.8) is 0 Å². The average Bonchev–Trinajstić information content (AvgIpc) is 2.69. The highest BCUT2D eigenvalue weighted by Gasteiger charge is 2.10. The third-order valence-corrected chi connectivity index (χ3v) is 4.48. The summed E-state index contributed by atoms with van der Waals surface area (Å²) in [6.45, 7) is 6.39. The van der Waals surface area contributed by atoms with Crippen molar-refractivity contribution in [2.45, 2.75) is 12.8 Å². The first-order chi connectivity index (χ1) is 12.8. The molecule has 7 heteroatoms. The molecule has 2 aromatic rings. The number of nitrogens with two attached hydrogens (primary N) is 1. The first-order valence-electron chi connectivity index (χ1n) is 9.25. The number of morpholine rings is 1. The molecule has 1 aromatic heterocycles. The van der Waals surface area contributed by atoms with E-state index in [1.54, 1.807) is 6.33 Å². The molecule has 0 aliphatic carbocycles. The van der Waals surface area contributed by atoms with E-state index >= 15 is 0 Å². The second-order valence-electron chi connectivity index (χ2n) is 6.38. The summed E-state index contributed by atoms with van der Waals surface area (Å²) in [5.74, 6) is 1.38. The first-order valence-corrected chi connectivity index (χ1v) is 9.25. The summed E-state index contributed by atoms with van der Waals surface area (Å²) in [6.07, 6.45) is 3.51. The molecule has 1 fully saturated rings. The number of ether oxygens (including phenoxy) is 1. The molecule has 0 bridgehead atoms. The van der Waals surface area contributed by atoms with Crippen LogP contribution in [0.4, 0.5) is 17.3 Å². The summed E-state index contributed by atoms with van der Waals surface area (Å²) >= 11 is 0. The number of nitrogens with zero attached hydrogens (tertiary/aromatic N) is 3. The molecule has 1 aliphatic rings. The first kappa shape index (κ1) is 18.4. The van der Waals surface area contributed by atoms with Crippen molar-refractivity contribution in [3.05, 3.63) is 42.2 Å².